The molecule has 0 bridgehead atoms. The first kappa shape index (κ1) is 37.8. The fraction of sp³-hybridized carbons (Fsp3) is 0.158. The molecule has 0 amide bonds. The minimum Gasteiger partial charge on any atom is -0.302 e. The van der Waals surface area contributed by atoms with Gasteiger partial charge in [-0.1, -0.05) is 74.5 Å². The van der Waals surface area contributed by atoms with Crippen molar-refractivity contribution in [1.82, 2.24) is 0 Å². The number of anilines is 6. The Bertz CT molecular complexity index is 1830. The van der Waals surface area contributed by atoms with Crippen molar-refractivity contribution >= 4 is 134 Å². The highest BCUT2D eigenvalue weighted by molar-refractivity contribution is 7.65. The van der Waals surface area contributed by atoms with Gasteiger partial charge in [0.2, 0.25) is 0 Å². The molecule has 0 saturated heterocycles. The van der Waals surface area contributed by atoms with E-state index in [2.05, 4.69) is 145 Å². The summed E-state index contributed by atoms with van der Waals surface area (Å²) in [7, 11) is 0. The molecular formula is C38H34Cl6N2S2Si2. The van der Waals surface area contributed by atoms with E-state index in [4.69, 9.17) is 66.5 Å². The van der Waals surface area contributed by atoms with Gasteiger partial charge in [-0.25, -0.2) is 0 Å². The molecule has 6 aromatic rings. The maximum absolute atomic E-state index is 6.46. The first-order valence-corrected chi connectivity index (χ1v) is 28.1. The van der Waals surface area contributed by atoms with Crippen molar-refractivity contribution in [3.05, 3.63) is 145 Å². The lowest BCUT2D eigenvalue weighted by atomic mass is 10.1. The largest absolute Gasteiger partial charge is 0.348 e. The van der Waals surface area contributed by atoms with Gasteiger partial charge in [-0.05, 0) is 96.8 Å². The Morgan fingerprint density at radius 2 is 0.760 bits per heavy atom. The van der Waals surface area contributed by atoms with Gasteiger partial charge in [-0.2, -0.15) is 0 Å². The standard InChI is InChI=1S/C38H34Cl6N2S2Si2/c1-3-35(49(39,40)41)27-15-19-31(20-16-27)45(29-11-7-5-8-12-29)37-25-23-33(47-37)34-24-26-38(48-34)46(30-13-9-6-10-14-30)32-21-17-28(18-22-32)36(4-2)50(42,43)44/h5-26,35-36H,3-4H2,1-2H3. The number of rotatable bonds is 13. The third-order valence-corrected chi connectivity index (χ3v) is 18.8. The van der Waals surface area contributed by atoms with Crippen LogP contribution in [0.25, 0.3) is 9.75 Å². The molecule has 12 heteroatoms. The van der Waals surface area contributed by atoms with Crippen LogP contribution in [0.15, 0.2) is 133 Å². The summed E-state index contributed by atoms with van der Waals surface area (Å²) >= 11 is 42.3. The number of hydrogen-bond acceptors (Lipinski definition) is 4. The molecule has 0 aliphatic heterocycles. The van der Waals surface area contributed by atoms with Crippen molar-refractivity contribution in [2.45, 2.75) is 37.8 Å². The van der Waals surface area contributed by atoms with Crippen LogP contribution in [0.2, 0.25) is 0 Å². The van der Waals surface area contributed by atoms with Gasteiger partial charge in [0.25, 0.3) is 0 Å². The fourth-order valence-electron chi connectivity index (χ4n) is 6.15. The van der Waals surface area contributed by atoms with Crippen molar-refractivity contribution in [3.8, 4) is 9.75 Å². The minimum absolute atomic E-state index is 0.0576. The van der Waals surface area contributed by atoms with Crippen LogP contribution in [-0.4, -0.2) is 12.0 Å². The van der Waals surface area contributed by atoms with Crippen molar-refractivity contribution in [3.63, 3.8) is 0 Å². The lowest BCUT2D eigenvalue weighted by Crippen LogP contribution is -2.22. The van der Waals surface area contributed by atoms with Gasteiger partial charge in [0, 0.05) is 43.6 Å². The summed E-state index contributed by atoms with van der Waals surface area (Å²) in [5, 5.41) is 2.21. The molecule has 258 valence electrons. The van der Waals surface area contributed by atoms with Crippen LogP contribution >= 0.6 is 89.1 Å². The summed E-state index contributed by atoms with van der Waals surface area (Å²) in [6.45, 7) is 4.14. The summed E-state index contributed by atoms with van der Waals surface area (Å²) < 4.78 is 0. The second kappa shape index (κ2) is 16.4. The molecule has 2 nitrogen and oxygen atoms in total. The first-order valence-electron chi connectivity index (χ1n) is 16.2. The van der Waals surface area contributed by atoms with Gasteiger partial charge < -0.3 is 9.80 Å². The maximum atomic E-state index is 6.46. The average molecular weight is 852 g/mol. The van der Waals surface area contributed by atoms with Crippen LogP contribution in [-0.2, 0) is 0 Å². The lowest BCUT2D eigenvalue weighted by molar-refractivity contribution is 0.872. The van der Waals surface area contributed by atoms with Gasteiger partial charge in [0.15, 0.2) is 0 Å². The molecule has 0 radical (unpaired) electrons. The topological polar surface area (TPSA) is 6.48 Å². The van der Waals surface area contributed by atoms with E-state index in [1.807, 2.05) is 12.1 Å². The third kappa shape index (κ3) is 8.63. The number of hydrogen-bond donors (Lipinski definition) is 0. The molecule has 6 rings (SSSR count). The highest BCUT2D eigenvalue weighted by Gasteiger charge is 2.37. The van der Waals surface area contributed by atoms with Crippen LogP contribution in [0.5, 0.6) is 0 Å². The van der Waals surface area contributed by atoms with Crippen molar-refractivity contribution in [2.24, 2.45) is 0 Å². The zero-order valence-electron chi connectivity index (χ0n) is 27.2. The second-order valence-electron chi connectivity index (χ2n) is 11.8. The summed E-state index contributed by atoms with van der Waals surface area (Å²) in [6, 6.07) is 40.7. The molecule has 0 N–H and O–H groups in total. The number of halogens is 6. The molecule has 2 unspecified atom stereocenters. The molecule has 2 atom stereocenters. The number of thiophene rings is 2. The van der Waals surface area contributed by atoms with Gasteiger partial charge in [-0.3, -0.25) is 0 Å². The van der Waals surface area contributed by atoms with E-state index in [1.165, 1.54) is 9.75 Å². The van der Waals surface area contributed by atoms with Crippen molar-refractivity contribution in [2.75, 3.05) is 9.80 Å². The smallest absolute Gasteiger partial charge is 0.302 e. The second-order valence-corrected chi connectivity index (χ2v) is 31.7. The average Bonchev–Trinajstić information content (AvgIpc) is 3.78. The summed E-state index contributed by atoms with van der Waals surface area (Å²) in [5.41, 5.74) is 6.24. The predicted molar refractivity (Wildman–Crippen MR) is 230 cm³/mol. The molecule has 0 spiro atoms. The van der Waals surface area contributed by atoms with Gasteiger partial charge in [0.05, 0.1) is 0 Å². The zero-order chi connectivity index (χ0) is 35.5. The number of para-hydroxylation sites is 2. The third-order valence-electron chi connectivity index (χ3n) is 8.61. The van der Waals surface area contributed by atoms with E-state index in [-0.39, 0.29) is 11.1 Å². The highest BCUT2D eigenvalue weighted by Crippen LogP contribution is 2.48. The van der Waals surface area contributed by atoms with E-state index in [0.717, 1.165) is 56.7 Å². The van der Waals surface area contributed by atoms with Gasteiger partial charge in [0.1, 0.15) is 10.0 Å². The molecule has 0 saturated carbocycles. The maximum Gasteiger partial charge on any atom is 0.348 e. The van der Waals surface area contributed by atoms with Crippen LogP contribution in [0.3, 0.4) is 0 Å². The molecule has 2 aromatic heterocycles. The molecule has 0 fully saturated rings. The SMILES string of the molecule is CCC(c1ccc(N(c2ccccc2)c2ccc(-c3ccc(N(c4ccccc4)c4ccc(C(CC)[Si](Cl)(Cl)Cl)cc4)s3)s2)cc1)[Si](Cl)(Cl)Cl. The Kier molecular flexibility index (Phi) is 12.4. The zero-order valence-corrected chi connectivity index (χ0v) is 35.4. The Morgan fingerprint density at radius 1 is 0.440 bits per heavy atom. The Balaban J connectivity index is 1.33. The summed E-state index contributed by atoms with van der Waals surface area (Å²) in [4.78, 5) is 6.93. The highest BCUT2D eigenvalue weighted by atomic mass is 35.8. The summed E-state index contributed by atoms with van der Waals surface area (Å²) in [6.07, 6.45) is 1.57. The van der Waals surface area contributed by atoms with E-state index in [0.29, 0.717) is 0 Å². The molecule has 0 aliphatic rings. The van der Waals surface area contributed by atoms with Gasteiger partial charge in [-0.15, -0.1) is 89.1 Å². The van der Waals surface area contributed by atoms with Crippen LogP contribution in [0, 0.1) is 0 Å². The Hall–Kier alpha value is -1.95. The van der Waals surface area contributed by atoms with Crippen LogP contribution in [0.1, 0.15) is 48.9 Å². The van der Waals surface area contributed by atoms with Crippen LogP contribution in [0.4, 0.5) is 32.8 Å². The summed E-state index contributed by atoms with van der Waals surface area (Å²) in [5.74, 6) is 0. The first-order chi connectivity index (χ1) is 24.0. The van der Waals surface area contributed by atoms with Crippen molar-refractivity contribution < 1.29 is 0 Å². The quantitative estimate of drug-likeness (QED) is 0.0844. The van der Waals surface area contributed by atoms with Crippen LogP contribution < -0.4 is 9.80 Å². The molecule has 2 heterocycles. The van der Waals surface area contributed by atoms with E-state index in [9.17, 15) is 0 Å². The Morgan fingerprint density at radius 3 is 1.06 bits per heavy atom. The Labute approximate surface area is 333 Å². The molecule has 0 aliphatic carbocycles. The van der Waals surface area contributed by atoms with E-state index < -0.39 is 12.0 Å². The van der Waals surface area contributed by atoms with E-state index in [1.54, 1.807) is 22.7 Å². The molecular weight excluding hydrogens is 817 g/mol. The monoisotopic (exact) mass is 848 g/mol. The molecule has 50 heavy (non-hydrogen) atoms. The predicted octanol–water partition coefficient (Wildman–Crippen LogP) is 15.8. The van der Waals surface area contributed by atoms with E-state index >= 15 is 0 Å². The normalized spacial score (nSPS) is 13.2. The number of benzene rings is 4. The van der Waals surface area contributed by atoms with Crippen molar-refractivity contribution in [1.29, 1.82) is 0 Å². The fourth-order valence-corrected chi connectivity index (χ4v) is 15.4. The lowest BCUT2D eigenvalue weighted by Gasteiger charge is -2.25. The minimum atomic E-state index is -2.91. The number of nitrogens with zero attached hydrogens (tertiary/aromatic N) is 2. The van der Waals surface area contributed by atoms with Gasteiger partial charge >= 0.3 is 12.0 Å². The molecule has 4 aromatic carbocycles.